The fourth-order valence-electron chi connectivity index (χ4n) is 1.60. The topological polar surface area (TPSA) is 44.5 Å². The third-order valence-corrected chi connectivity index (χ3v) is 2.30. The lowest BCUT2D eigenvalue weighted by Gasteiger charge is -2.14. The van der Waals surface area contributed by atoms with Crippen molar-refractivity contribution in [2.24, 2.45) is 5.73 Å². The molecule has 1 rings (SSSR count). The van der Waals surface area contributed by atoms with Crippen molar-refractivity contribution in [1.82, 2.24) is 0 Å². The molecule has 0 saturated carbocycles. The van der Waals surface area contributed by atoms with Crippen LogP contribution in [-0.4, -0.2) is 14.2 Å². The molecule has 0 unspecified atom stereocenters. The van der Waals surface area contributed by atoms with Crippen LogP contribution < -0.4 is 15.2 Å². The van der Waals surface area contributed by atoms with E-state index in [0.717, 1.165) is 29.0 Å². The van der Waals surface area contributed by atoms with Gasteiger partial charge in [0.25, 0.3) is 0 Å². The first kappa shape index (κ1) is 10.9. The molecule has 0 aliphatic heterocycles. The van der Waals surface area contributed by atoms with E-state index in [0.29, 0.717) is 6.54 Å². The van der Waals surface area contributed by atoms with E-state index in [1.54, 1.807) is 14.2 Å². The molecule has 0 aliphatic carbocycles. The highest BCUT2D eigenvalue weighted by Gasteiger charge is 2.11. The Labute approximate surface area is 84.8 Å². The van der Waals surface area contributed by atoms with E-state index in [2.05, 4.69) is 6.92 Å². The van der Waals surface area contributed by atoms with Gasteiger partial charge in [-0.15, -0.1) is 0 Å². The first-order chi connectivity index (χ1) is 6.78. The number of benzene rings is 1. The Morgan fingerprint density at radius 1 is 1.21 bits per heavy atom. The molecular formula is C11H17NO2. The van der Waals surface area contributed by atoms with Crippen molar-refractivity contribution in [2.75, 3.05) is 14.2 Å². The number of rotatable bonds is 4. The number of hydrogen-bond acceptors (Lipinski definition) is 3. The van der Waals surface area contributed by atoms with Crippen LogP contribution in [0.25, 0.3) is 0 Å². The van der Waals surface area contributed by atoms with Gasteiger partial charge in [-0.05, 0) is 12.5 Å². The zero-order valence-corrected chi connectivity index (χ0v) is 8.96. The standard InChI is InChI=1S/C11H17NO2/c1-4-9-10(13-2)6-5-8(7-12)11(9)14-3/h5-6H,4,7,12H2,1-3H3. The van der Waals surface area contributed by atoms with E-state index < -0.39 is 0 Å². The number of nitrogens with two attached hydrogens (primary N) is 1. The minimum atomic E-state index is 0.486. The molecule has 1 aromatic carbocycles. The van der Waals surface area contributed by atoms with Crippen molar-refractivity contribution in [3.63, 3.8) is 0 Å². The Morgan fingerprint density at radius 3 is 2.36 bits per heavy atom. The van der Waals surface area contributed by atoms with Crippen molar-refractivity contribution in [1.29, 1.82) is 0 Å². The molecule has 0 aromatic heterocycles. The lowest BCUT2D eigenvalue weighted by atomic mass is 10.1. The van der Waals surface area contributed by atoms with Crippen LogP contribution in [0.15, 0.2) is 12.1 Å². The highest BCUT2D eigenvalue weighted by atomic mass is 16.5. The molecule has 0 spiro atoms. The van der Waals surface area contributed by atoms with Crippen molar-refractivity contribution in [3.8, 4) is 11.5 Å². The van der Waals surface area contributed by atoms with Gasteiger partial charge in [0.05, 0.1) is 14.2 Å². The van der Waals surface area contributed by atoms with Gasteiger partial charge in [0.1, 0.15) is 11.5 Å². The van der Waals surface area contributed by atoms with Crippen molar-refractivity contribution >= 4 is 0 Å². The van der Waals surface area contributed by atoms with Gasteiger partial charge < -0.3 is 15.2 Å². The average molecular weight is 195 g/mol. The minimum Gasteiger partial charge on any atom is -0.496 e. The molecule has 0 heterocycles. The molecule has 3 heteroatoms. The first-order valence-corrected chi connectivity index (χ1v) is 4.71. The average Bonchev–Trinajstić information content (AvgIpc) is 2.26. The second-order valence-electron chi connectivity index (χ2n) is 3.00. The number of ether oxygens (including phenoxy) is 2. The van der Waals surface area contributed by atoms with E-state index in [4.69, 9.17) is 15.2 Å². The Balaban J connectivity index is 3.28. The first-order valence-electron chi connectivity index (χ1n) is 4.71. The van der Waals surface area contributed by atoms with Crippen molar-refractivity contribution in [3.05, 3.63) is 23.3 Å². The third-order valence-electron chi connectivity index (χ3n) is 2.30. The fraction of sp³-hybridized carbons (Fsp3) is 0.455. The molecule has 0 amide bonds. The van der Waals surface area contributed by atoms with Crippen LogP contribution >= 0.6 is 0 Å². The summed E-state index contributed by atoms with van der Waals surface area (Å²) in [4.78, 5) is 0. The molecular weight excluding hydrogens is 178 g/mol. The van der Waals surface area contributed by atoms with Gasteiger partial charge in [0.2, 0.25) is 0 Å². The smallest absolute Gasteiger partial charge is 0.130 e. The zero-order chi connectivity index (χ0) is 10.6. The summed E-state index contributed by atoms with van der Waals surface area (Å²) in [6.45, 7) is 2.56. The summed E-state index contributed by atoms with van der Waals surface area (Å²) < 4.78 is 10.6. The van der Waals surface area contributed by atoms with E-state index >= 15 is 0 Å². The SMILES string of the molecule is CCc1c(OC)ccc(CN)c1OC. The van der Waals surface area contributed by atoms with E-state index in [1.165, 1.54) is 0 Å². The van der Waals surface area contributed by atoms with Crippen molar-refractivity contribution in [2.45, 2.75) is 19.9 Å². The van der Waals surface area contributed by atoms with Crippen LogP contribution in [-0.2, 0) is 13.0 Å². The molecule has 0 fully saturated rings. The second kappa shape index (κ2) is 4.86. The lowest BCUT2D eigenvalue weighted by Crippen LogP contribution is -2.03. The molecule has 14 heavy (non-hydrogen) atoms. The Kier molecular flexibility index (Phi) is 3.77. The number of methoxy groups -OCH3 is 2. The molecule has 0 saturated heterocycles. The Hall–Kier alpha value is -1.22. The van der Waals surface area contributed by atoms with Gasteiger partial charge in [-0.2, -0.15) is 0 Å². The fourth-order valence-corrected chi connectivity index (χ4v) is 1.60. The summed E-state index contributed by atoms with van der Waals surface area (Å²) in [5, 5.41) is 0. The van der Waals surface area contributed by atoms with Crippen molar-refractivity contribution < 1.29 is 9.47 Å². The normalized spacial score (nSPS) is 10.0. The predicted molar refractivity (Wildman–Crippen MR) is 56.8 cm³/mol. The monoisotopic (exact) mass is 195 g/mol. The Bertz CT molecular complexity index is 279. The molecule has 78 valence electrons. The summed E-state index contributed by atoms with van der Waals surface area (Å²) in [7, 11) is 3.32. The molecule has 2 N–H and O–H groups in total. The highest BCUT2D eigenvalue weighted by Crippen LogP contribution is 2.32. The summed E-state index contributed by atoms with van der Waals surface area (Å²) in [6, 6.07) is 3.88. The summed E-state index contributed by atoms with van der Waals surface area (Å²) >= 11 is 0. The molecule has 0 atom stereocenters. The van der Waals surface area contributed by atoms with Gasteiger partial charge in [0, 0.05) is 17.7 Å². The predicted octanol–water partition coefficient (Wildman–Crippen LogP) is 1.72. The van der Waals surface area contributed by atoms with Gasteiger partial charge in [-0.3, -0.25) is 0 Å². The summed E-state index contributed by atoms with van der Waals surface area (Å²) in [6.07, 6.45) is 0.875. The van der Waals surface area contributed by atoms with E-state index in [-0.39, 0.29) is 0 Å². The maximum Gasteiger partial charge on any atom is 0.130 e. The zero-order valence-electron chi connectivity index (χ0n) is 8.96. The van der Waals surface area contributed by atoms with Crippen LogP contribution in [0.3, 0.4) is 0 Å². The second-order valence-corrected chi connectivity index (χ2v) is 3.00. The van der Waals surface area contributed by atoms with Gasteiger partial charge in [0.15, 0.2) is 0 Å². The van der Waals surface area contributed by atoms with Gasteiger partial charge >= 0.3 is 0 Å². The number of hydrogen-bond donors (Lipinski definition) is 1. The Morgan fingerprint density at radius 2 is 1.93 bits per heavy atom. The van der Waals surface area contributed by atoms with Crippen LogP contribution in [0.1, 0.15) is 18.1 Å². The van der Waals surface area contributed by atoms with Crippen LogP contribution in [0.5, 0.6) is 11.5 Å². The quantitative estimate of drug-likeness (QED) is 0.795. The van der Waals surface area contributed by atoms with Crippen LogP contribution in [0, 0.1) is 0 Å². The van der Waals surface area contributed by atoms with Gasteiger partial charge in [-0.25, -0.2) is 0 Å². The molecule has 0 aliphatic rings. The summed E-state index contributed by atoms with van der Waals surface area (Å²) in [5.74, 6) is 1.72. The van der Waals surface area contributed by atoms with Crippen LogP contribution in [0.2, 0.25) is 0 Å². The molecule has 3 nitrogen and oxygen atoms in total. The van der Waals surface area contributed by atoms with Crippen LogP contribution in [0.4, 0.5) is 0 Å². The molecule has 0 bridgehead atoms. The maximum absolute atomic E-state index is 5.62. The minimum absolute atomic E-state index is 0.486. The van der Waals surface area contributed by atoms with E-state index in [1.807, 2.05) is 12.1 Å². The highest BCUT2D eigenvalue weighted by molar-refractivity contribution is 5.50. The summed E-state index contributed by atoms with van der Waals surface area (Å²) in [5.41, 5.74) is 7.72. The third kappa shape index (κ3) is 1.82. The van der Waals surface area contributed by atoms with E-state index in [9.17, 15) is 0 Å². The molecule has 1 aromatic rings. The van der Waals surface area contributed by atoms with Gasteiger partial charge in [-0.1, -0.05) is 13.0 Å². The largest absolute Gasteiger partial charge is 0.496 e. The molecule has 0 radical (unpaired) electrons. The lowest BCUT2D eigenvalue weighted by molar-refractivity contribution is 0.383. The maximum atomic E-state index is 5.62.